The maximum absolute atomic E-state index is 12.9. The third-order valence-electron chi connectivity index (χ3n) is 13.7. The van der Waals surface area contributed by atoms with Gasteiger partial charge in [0.25, 0.3) is 0 Å². The molecule has 0 aliphatic rings. The molecule has 6 nitrogen and oxygen atoms in total. The molecule has 0 fully saturated rings. The van der Waals surface area contributed by atoms with E-state index in [1.54, 1.807) is 0 Å². The molecule has 0 amide bonds. The van der Waals surface area contributed by atoms with Gasteiger partial charge >= 0.3 is 17.9 Å². The molecule has 0 radical (unpaired) electrons. The van der Waals surface area contributed by atoms with Crippen LogP contribution in [0.4, 0.5) is 0 Å². The van der Waals surface area contributed by atoms with Gasteiger partial charge < -0.3 is 14.2 Å². The summed E-state index contributed by atoms with van der Waals surface area (Å²) < 4.78 is 16.9. The third-order valence-corrected chi connectivity index (χ3v) is 13.7. The monoisotopic (exact) mass is 1080 g/mol. The number of carbonyl (C=O) groups is 3. The molecule has 0 aromatic heterocycles. The SMILES string of the molecule is CC/C=C\C/C=C\C/C=C\C/C=C\C/C=C\CCCC(=O)OCC(COC(=O)CCCCCCCCCCCCCC/C=C\C/C=C\C/C=C\C/C=C\CC)OC(=O)CCCCCCCCC/C=C\CCCCCCCCC. The van der Waals surface area contributed by atoms with Gasteiger partial charge in [0, 0.05) is 19.3 Å². The van der Waals surface area contributed by atoms with Gasteiger partial charge in [-0.05, 0) is 122 Å². The first kappa shape index (κ1) is 73.8. The van der Waals surface area contributed by atoms with Crippen LogP contribution in [-0.4, -0.2) is 37.2 Å². The molecule has 0 aliphatic heterocycles. The first-order chi connectivity index (χ1) is 38.5. The van der Waals surface area contributed by atoms with Crippen molar-refractivity contribution in [3.63, 3.8) is 0 Å². The predicted octanol–water partition coefficient (Wildman–Crippen LogP) is 22.4. The first-order valence-corrected chi connectivity index (χ1v) is 32.5. The fraction of sp³-hybridized carbons (Fsp3) is 0.681. The highest BCUT2D eigenvalue weighted by Crippen LogP contribution is 2.16. The minimum atomic E-state index is -0.808. The lowest BCUT2D eigenvalue weighted by atomic mass is 10.0. The van der Waals surface area contributed by atoms with Gasteiger partial charge in [-0.2, -0.15) is 0 Å². The van der Waals surface area contributed by atoms with Gasteiger partial charge in [-0.1, -0.05) is 277 Å². The van der Waals surface area contributed by atoms with Crippen LogP contribution in [0.3, 0.4) is 0 Å². The Bertz CT molecular complexity index is 1620. The van der Waals surface area contributed by atoms with E-state index in [1.165, 1.54) is 148 Å². The van der Waals surface area contributed by atoms with E-state index in [0.29, 0.717) is 19.3 Å². The Morgan fingerprint density at radius 3 is 0.846 bits per heavy atom. The minimum absolute atomic E-state index is 0.0997. The molecule has 0 aromatic carbocycles. The van der Waals surface area contributed by atoms with E-state index in [1.807, 2.05) is 0 Å². The number of allylic oxidation sites excluding steroid dienone is 20. The van der Waals surface area contributed by atoms with Gasteiger partial charge in [0.05, 0.1) is 0 Å². The van der Waals surface area contributed by atoms with Crippen molar-refractivity contribution in [1.29, 1.82) is 0 Å². The molecule has 0 rings (SSSR count). The summed E-state index contributed by atoms with van der Waals surface area (Å²) in [7, 11) is 0. The van der Waals surface area contributed by atoms with E-state index < -0.39 is 6.10 Å². The summed E-state index contributed by atoms with van der Waals surface area (Å²) in [5.41, 5.74) is 0. The van der Waals surface area contributed by atoms with E-state index in [9.17, 15) is 14.4 Å². The van der Waals surface area contributed by atoms with Crippen molar-refractivity contribution in [1.82, 2.24) is 0 Å². The van der Waals surface area contributed by atoms with Crippen molar-refractivity contribution in [2.24, 2.45) is 0 Å². The average Bonchev–Trinajstić information content (AvgIpc) is 3.44. The van der Waals surface area contributed by atoms with Crippen LogP contribution in [0.15, 0.2) is 122 Å². The Morgan fingerprint density at radius 2 is 0.513 bits per heavy atom. The Morgan fingerprint density at radius 1 is 0.269 bits per heavy atom. The van der Waals surface area contributed by atoms with Crippen molar-refractivity contribution >= 4 is 17.9 Å². The lowest BCUT2D eigenvalue weighted by Gasteiger charge is -2.18. The second kappa shape index (κ2) is 65.3. The number of rotatable bonds is 58. The zero-order chi connectivity index (χ0) is 56.4. The molecule has 6 heteroatoms. The normalized spacial score (nSPS) is 12.9. The number of unbranched alkanes of at least 4 members (excludes halogenated alkanes) is 27. The molecule has 0 heterocycles. The van der Waals surface area contributed by atoms with Crippen LogP contribution in [0.2, 0.25) is 0 Å². The van der Waals surface area contributed by atoms with E-state index in [2.05, 4.69) is 142 Å². The lowest BCUT2D eigenvalue weighted by molar-refractivity contribution is -0.167. The van der Waals surface area contributed by atoms with Crippen LogP contribution in [0.25, 0.3) is 0 Å². The van der Waals surface area contributed by atoms with E-state index in [0.717, 1.165) is 103 Å². The summed E-state index contributed by atoms with van der Waals surface area (Å²) in [6.45, 7) is 6.38. The summed E-state index contributed by atoms with van der Waals surface area (Å²) in [6, 6.07) is 0. The number of carbonyl (C=O) groups excluding carboxylic acids is 3. The minimum Gasteiger partial charge on any atom is -0.462 e. The first-order valence-electron chi connectivity index (χ1n) is 32.5. The zero-order valence-electron chi connectivity index (χ0n) is 50.9. The number of hydrogen-bond donors (Lipinski definition) is 0. The molecule has 444 valence electrons. The van der Waals surface area contributed by atoms with Crippen LogP contribution >= 0.6 is 0 Å². The van der Waals surface area contributed by atoms with E-state index in [-0.39, 0.29) is 37.5 Å². The summed E-state index contributed by atoms with van der Waals surface area (Å²) >= 11 is 0. The molecule has 1 unspecified atom stereocenters. The van der Waals surface area contributed by atoms with Gasteiger partial charge in [0.2, 0.25) is 0 Å². The largest absolute Gasteiger partial charge is 0.462 e. The molecule has 1 atom stereocenters. The fourth-order valence-electron chi connectivity index (χ4n) is 8.88. The van der Waals surface area contributed by atoms with Crippen LogP contribution in [0, 0.1) is 0 Å². The highest BCUT2D eigenvalue weighted by molar-refractivity contribution is 5.71. The quantitative estimate of drug-likeness (QED) is 0.0261. The van der Waals surface area contributed by atoms with Crippen LogP contribution in [0.1, 0.15) is 297 Å². The molecule has 0 aromatic rings. The summed E-state index contributed by atoms with van der Waals surface area (Å²) in [4.78, 5) is 38.3. The maximum Gasteiger partial charge on any atom is 0.306 e. The highest BCUT2D eigenvalue weighted by atomic mass is 16.6. The van der Waals surface area contributed by atoms with Crippen molar-refractivity contribution in [3.05, 3.63) is 122 Å². The molecule has 0 saturated heterocycles. The smallest absolute Gasteiger partial charge is 0.306 e. The summed E-state index contributed by atoms with van der Waals surface area (Å²) in [5, 5.41) is 0. The predicted molar refractivity (Wildman–Crippen MR) is 339 cm³/mol. The van der Waals surface area contributed by atoms with Crippen LogP contribution < -0.4 is 0 Å². The van der Waals surface area contributed by atoms with Gasteiger partial charge in [-0.3, -0.25) is 14.4 Å². The second-order valence-corrected chi connectivity index (χ2v) is 21.3. The molecule has 78 heavy (non-hydrogen) atoms. The van der Waals surface area contributed by atoms with Gasteiger partial charge in [-0.15, -0.1) is 0 Å². The standard InChI is InChI=1S/C72H120O6/c1-4-7-10-13-16-19-22-25-28-31-33-34-35-36-37-38-39-42-44-47-50-53-56-59-62-65-71(74)77-68-69(67-76-70(73)64-61-58-55-52-49-46-43-40-30-27-24-21-18-15-12-9-6-3)78-72(75)66-63-60-57-54-51-48-45-41-32-29-26-23-20-17-14-11-8-5-2/h7,9-10,12,16,18-19,21,25,27-30,32-34,43,46,52,55,69H,4-6,8,11,13-15,17,20,22-24,26,31,35-42,44-45,47-51,53-54,56-68H2,1-3H3/b10-7-,12-9-,19-16-,21-18-,28-25-,30-27-,32-29-,34-33-,46-43-,55-52-. The van der Waals surface area contributed by atoms with E-state index >= 15 is 0 Å². The number of ether oxygens (including phenoxy) is 3. The Balaban J connectivity index is 4.42. The van der Waals surface area contributed by atoms with Gasteiger partial charge in [0.1, 0.15) is 13.2 Å². The molecular formula is C72H120O6. The maximum atomic E-state index is 12.9. The molecular weight excluding hydrogens is 961 g/mol. The van der Waals surface area contributed by atoms with Crippen LogP contribution in [-0.2, 0) is 28.6 Å². The fourth-order valence-corrected chi connectivity index (χ4v) is 8.88. The molecule has 0 saturated carbocycles. The van der Waals surface area contributed by atoms with Crippen molar-refractivity contribution in [2.45, 2.75) is 303 Å². The number of hydrogen-bond acceptors (Lipinski definition) is 6. The van der Waals surface area contributed by atoms with Crippen LogP contribution in [0.5, 0.6) is 0 Å². The van der Waals surface area contributed by atoms with E-state index in [4.69, 9.17) is 14.2 Å². The molecule has 0 N–H and O–H groups in total. The number of esters is 3. The highest BCUT2D eigenvalue weighted by Gasteiger charge is 2.19. The Hall–Kier alpha value is -4.19. The Labute approximate surface area is 482 Å². The van der Waals surface area contributed by atoms with Gasteiger partial charge in [-0.25, -0.2) is 0 Å². The second-order valence-electron chi connectivity index (χ2n) is 21.3. The summed E-state index contributed by atoms with van der Waals surface area (Å²) in [5.74, 6) is -0.960. The summed E-state index contributed by atoms with van der Waals surface area (Å²) in [6.07, 6.45) is 90.7. The average molecular weight is 1080 g/mol. The zero-order valence-corrected chi connectivity index (χ0v) is 50.9. The van der Waals surface area contributed by atoms with Crippen molar-refractivity contribution < 1.29 is 28.6 Å². The Kier molecular flexibility index (Phi) is 61.8. The molecule has 0 aliphatic carbocycles. The third kappa shape index (κ3) is 62.7. The van der Waals surface area contributed by atoms with Gasteiger partial charge in [0.15, 0.2) is 6.10 Å². The van der Waals surface area contributed by atoms with Crippen molar-refractivity contribution in [3.8, 4) is 0 Å². The topological polar surface area (TPSA) is 78.9 Å². The lowest BCUT2D eigenvalue weighted by Crippen LogP contribution is -2.30. The molecule has 0 spiro atoms. The van der Waals surface area contributed by atoms with Crippen molar-refractivity contribution in [2.75, 3.05) is 13.2 Å². The molecule has 0 bridgehead atoms.